The Morgan fingerprint density at radius 2 is 2.00 bits per heavy atom. The molecule has 0 aliphatic heterocycles. The highest BCUT2D eigenvalue weighted by atomic mass is 16.1. The fraction of sp³-hybridized carbons (Fsp3) is 0.267. The first-order valence-corrected chi connectivity index (χ1v) is 6.33. The third-order valence-corrected chi connectivity index (χ3v) is 3.16. The van der Waals surface area contributed by atoms with E-state index < -0.39 is 0 Å². The highest BCUT2D eigenvalue weighted by Gasteiger charge is 2.06. The lowest BCUT2D eigenvalue weighted by Gasteiger charge is -2.12. The zero-order valence-electron chi connectivity index (χ0n) is 11.3. The summed E-state index contributed by atoms with van der Waals surface area (Å²) in [6.07, 6.45) is 2.42. The predicted molar refractivity (Wildman–Crippen MR) is 77.0 cm³/mol. The summed E-state index contributed by atoms with van der Waals surface area (Å²) in [5, 5.41) is 6.03. The van der Waals surface area contributed by atoms with E-state index >= 15 is 0 Å². The van der Waals surface area contributed by atoms with Crippen molar-refractivity contribution in [2.24, 2.45) is 7.05 Å². The maximum absolute atomic E-state index is 11.5. The number of benzene rings is 1. The Hall–Kier alpha value is -2.23. The summed E-state index contributed by atoms with van der Waals surface area (Å²) in [5.41, 5.74) is 3.22. The third kappa shape index (κ3) is 3.37. The monoisotopic (exact) mass is 257 g/mol. The number of carbonyl (C=O) groups is 1. The van der Waals surface area contributed by atoms with E-state index in [1.807, 2.05) is 43.6 Å². The Bertz CT molecular complexity index is 560. The quantitative estimate of drug-likeness (QED) is 0.859. The molecular formula is C15H19N3O. The molecule has 1 aromatic carbocycles. The van der Waals surface area contributed by atoms with Crippen LogP contribution >= 0.6 is 0 Å². The summed E-state index contributed by atoms with van der Waals surface area (Å²) in [6, 6.07) is 12.0. The number of nitrogens with one attached hydrogen (secondary N) is 2. The van der Waals surface area contributed by atoms with Crippen LogP contribution in [0.2, 0.25) is 0 Å². The van der Waals surface area contributed by atoms with Gasteiger partial charge in [-0.1, -0.05) is 18.2 Å². The van der Waals surface area contributed by atoms with Gasteiger partial charge in [-0.25, -0.2) is 0 Å². The smallest absolute Gasteiger partial charge is 0.224 e. The van der Waals surface area contributed by atoms with Crippen molar-refractivity contribution in [2.75, 3.05) is 12.4 Å². The molecule has 0 spiro atoms. The molecule has 2 aromatic rings. The van der Waals surface area contributed by atoms with Gasteiger partial charge >= 0.3 is 0 Å². The Labute approximate surface area is 113 Å². The van der Waals surface area contributed by atoms with Crippen molar-refractivity contribution in [1.29, 1.82) is 0 Å². The van der Waals surface area contributed by atoms with Gasteiger partial charge in [0.15, 0.2) is 0 Å². The molecule has 0 fully saturated rings. The lowest BCUT2D eigenvalue weighted by atomic mass is 10.1. The van der Waals surface area contributed by atoms with Crippen LogP contribution < -0.4 is 10.6 Å². The van der Waals surface area contributed by atoms with Crippen molar-refractivity contribution in [2.45, 2.75) is 13.0 Å². The number of aryl methyl sites for hydroxylation is 1. The number of aromatic nitrogens is 1. The molecule has 0 aliphatic carbocycles. The van der Waals surface area contributed by atoms with E-state index in [0.29, 0.717) is 6.42 Å². The highest BCUT2D eigenvalue weighted by Crippen LogP contribution is 2.16. The molecule has 0 atom stereocenters. The van der Waals surface area contributed by atoms with Crippen molar-refractivity contribution < 1.29 is 4.79 Å². The minimum atomic E-state index is 0.0214. The van der Waals surface area contributed by atoms with Crippen molar-refractivity contribution in [3.8, 4) is 0 Å². The van der Waals surface area contributed by atoms with Gasteiger partial charge in [0.25, 0.3) is 0 Å². The average Bonchev–Trinajstić information content (AvgIpc) is 2.83. The molecule has 0 saturated carbocycles. The molecule has 19 heavy (non-hydrogen) atoms. The second-order valence-corrected chi connectivity index (χ2v) is 4.47. The van der Waals surface area contributed by atoms with Crippen molar-refractivity contribution in [3.63, 3.8) is 0 Å². The van der Waals surface area contributed by atoms with Gasteiger partial charge in [0.2, 0.25) is 5.91 Å². The maximum atomic E-state index is 11.5. The topological polar surface area (TPSA) is 46.1 Å². The SMILES string of the molecule is CNC(=O)Cc1ccccc1NCc1cccn1C. The number of hydrogen-bond donors (Lipinski definition) is 2. The van der Waals surface area contributed by atoms with Gasteiger partial charge in [-0.05, 0) is 23.8 Å². The minimum absolute atomic E-state index is 0.0214. The molecular weight excluding hydrogens is 238 g/mol. The molecule has 0 unspecified atom stereocenters. The van der Waals surface area contributed by atoms with E-state index in [1.165, 1.54) is 5.69 Å². The Kier molecular flexibility index (Phi) is 4.23. The maximum Gasteiger partial charge on any atom is 0.224 e. The summed E-state index contributed by atoms with van der Waals surface area (Å²) in [7, 11) is 3.68. The van der Waals surface area contributed by atoms with E-state index in [9.17, 15) is 4.79 Å². The molecule has 0 saturated heterocycles. The average molecular weight is 257 g/mol. The zero-order chi connectivity index (χ0) is 13.7. The zero-order valence-corrected chi connectivity index (χ0v) is 11.3. The summed E-state index contributed by atoms with van der Waals surface area (Å²) < 4.78 is 2.08. The molecule has 1 heterocycles. The predicted octanol–water partition coefficient (Wildman–Crippen LogP) is 1.93. The van der Waals surface area contributed by atoms with Crippen LogP contribution in [0.3, 0.4) is 0 Å². The second-order valence-electron chi connectivity index (χ2n) is 4.47. The number of anilines is 1. The van der Waals surface area contributed by atoms with E-state index in [4.69, 9.17) is 0 Å². The van der Waals surface area contributed by atoms with Crippen LogP contribution in [-0.2, 0) is 24.8 Å². The largest absolute Gasteiger partial charge is 0.379 e. The van der Waals surface area contributed by atoms with Crippen molar-refractivity contribution in [1.82, 2.24) is 9.88 Å². The standard InChI is InChI=1S/C15H19N3O/c1-16-15(19)10-12-6-3-4-8-14(12)17-11-13-7-5-9-18(13)2/h3-9,17H,10-11H2,1-2H3,(H,16,19). The fourth-order valence-electron chi connectivity index (χ4n) is 1.97. The third-order valence-electron chi connectivity index (χ3n) is 3.16. The van der Waals surface area contributed by atoms with Crippen LogP contribution in [0.4, 0.5) is 5.69 Å². The molecule has 0 aliphatic rings. The molecule has 4 heteroatoms. The molecule has 2 rings (SSSR count). The molecule has 0 radical (unpaired) electrons. The van der Waals surface area contributed by atoms with Gasteiger partial charge in [0.05, 0.1) is 13.0 Å². The Balaban J connectivity index is 2.07. The van der Waals surface area contributed by atoms with Gasteiger partial charge in [-0.2, -0.15) is 0 Å². The molecule has 100 valence electrons. The lowest BCUT2D eigenvalue weighted by molar-refractivity contribution is -0.119. The highest BCUT2D eigenvalue weighted by molar-refractivity contribution is 5.80. The van der Waals surface area contributed by atoms with Gasteiger partial charge in [-0.15, -0.1) is 0 Å². The molecule has 1 aromatic heterocycles. The fourth-order valence-corrected chi connectivity index (χ4v) is 1.97. The van der Waals surface area contributed by atoms with Crippen molar-refractivity contribution >= 4 is 11.6 Å². The first-order chi connectivity index (χ1) is 9.20. The van der Waals surface area contributed by atoms with Crippen LogP contribution in [0.25, 0.3) is 0 Å². The van der Waals surface area contributed by atoms with E-state index in [0.717, 1.165) is 17.8 Å². The van der Waals surface area contributed by atoms with E-state index in [2.05, 4.69) is 21.3 Å². The number of amides is 1. The van der Waals surface area contributed by atoms with Crippen molar-refractivity contribution in [3.05, 3.63) is 53.9 Å². The van der Waals surface area contributed by atoms with Crippen LogP contribution in [0.15, 0.2) is 42.6 Å². The number of nitrogens with zero attached hydrogens (tertiary/aromatic N) is 1. The van der Waals surface area contributed by atoms with Gasteiger partial charge < -0.3 is 15.2 Å². The number of carbonyl (C=O) groups excluding carboxylic acids is 1. The Morgan fingerprint density at radius 1 is 1.21 bits per heavy atom. The second kappa shape index (κ2) is 6.09. The summed E-state index contributed by atoms with van der Waals surface area (Å²) in [6.45, 7) is 0.744. The van der Waals surface area contributed by atoms with E-state index in [1.54, 1.807) is 7.05 Å². The number of rotatable bonds is 5. The van der Waals surface area contributed by atoms with Gasteiger partial charge in [0, 0.05) is 31.7 Å². The van der Waals surface area contributed by atoms with Gasteiger partial charge in [0.1, 0.15) is 0 Å². The summed E-state index contributed by atoms with van der Waals surface area (Å²) >= 11 is 0. The summed E-state index contributed by atoms with van der Waals surface area (Å²) in [5.74, 6) is 0.0214. The first kappa shape index (κ1) is 13.2. The number of likely N-dealkylation sites (N-methyl/N-ethyl adjacent to an activating group) is 1. The van der Waals surface area contributed by atoms with Crippen LogP contribution in [-0.4, -0.2) is 17.5 Å². The lowest BCUT2D eigenvalue weighted by Crippen LogP contribution is -2.20. The molecule has 0 bridgehead atoms. The minimum Gasteiger partial charge on any atom is -0.379 e. The molecule has 2 N–H and O–H groups in total. The van der Waals surface area contributed by atoms with Crippen LogP contribution in [0.5, 0.6) is 0 Å². The van der Waals surface area contributed by atoms with Crippen LogP contribution in [0.1, 0.15) is 11.3 Å². The first-order valence-electron chi connectivity index (χ1n) is 6.33. The Morgan fingerprint density at radius 3 is 2.68 bits per heavy atom. The normalized spacial score (nSPS) is 10.2. The van der Waals surface area contributed by atoms with Crippen LogP contribution in [0, 0.1) is 0 Å². The molecule has 4 nitrogen and oxygen atoms in total. The summed E-state index contributed by atoms with van der Waals surface area (Å²) in [4.78, 5) is 11.5. The van der Waals surface area contributed by atoms with Gasteiger partial charge in [-0.3, -0.25) is 4.79 Å². The van der Waals surface area contributed by atoms with E-state index in [-0.39, 0.29) is 5.91 Å². The number of hydrogen-bond acceptors (Lipinski definition) is 2. The molecule has 1 amide bonds. The number of para-hydroxylation sites is 1.